The molecule has 0 bridgehead atoms. The topological polar surface area (TPSA) is 35.2 Å². The lowest BCUT2D eigenvalue weighted by molar-refractivity contribution is 0.473. The number of rotatable bonds is 4. The van der Waals surface area contributed by atoms with Gasteiger partial charge in [-0.15, -0.1) is 0 Å². The molecule has 0 spiro atoms. The Labute approximate surface area is 126 Å². The second-order valence-corrected chi connectivity index (χ2v) is 6.18. The van der Waals surface area contributed by atoms with Crippen LogP contribution in [0.15, 0.2) is 36.4 Å². The van der Waals surface area contributed by atoms with Gasteiger partial charge in [0, 0.05) is 6.04 Å². The van der Waals surface area contributed by atoms with Gasteiger partial charge in [0.15, 0.2) is 0 Å². The van der Waals surface area contributed by atoms with E-state index in [0.717, 1.165) is 17.9 Å². The maximum Gasteiger partial charge on any atom is 0.130 e. The molecule has 0 saturated heterocycles. The van der Waals surface area contributed by atoms with Crippen molar-refractivity contribution in [1.29, 1.82) is 0 Å². The van der Waals surface area contributed by atoms with Gasteiger partial charge in [-0.1, -0.05) is 23.8 Å². The highest BCUT2D eigenvalue weighted by molar-refractivity contribution is 5.44. The predicted molar refractivity (Wildman–Crippen MR) is 87.1 cm³/mol. The summed E-state index contributed by atoms with van der Waals surface area (Å²) < 4.78 is 6.14. The maximum absolute atomic E-state index is 6.14. The lowest BCUT2D eigenvalue weighted by Crippen LogP contribution is -2.18. The second kappa shape index (κ2) is 5.90. The van der Waals surface area contributed by atoms with Crippen molar-refractivity contribution >= 4 is 0 Å². The molecule has 2 aromatic rings. The van der Waals surface area contributed by atoms with Crippen molar-refractivity contribution in [3.8, 4) is 11.5 Å². The quantitative estimate of drug-likeness (QED) is 0.913. The van der Waals surface area contributed by atoms with E-state index in [1.807, 2.05) is 6.92 Å². The van der Waals surface area contributed by atoms with Gasteiger partial charge in [0.05, 0.1) is 0 Å². The van der Waals surface area contributed by atoms with Crippen molar-refractivity contribution in [2.24, 2.45) is 5.73 Å². The van der Waals surface area contributed by atoms with E-state index in [-0.39, 0.29) is 6.04 Å². The Morgan fingerprint density at radius 1 is 1.10 bits per heavy atom. The first-order chi connectivity index (χ1) is 10.1. The summed E-state index contributed by atoms with van der Waals surface area (Å²) in [5, 5.41) is 0. The van der Waals surface area contributed by atoms with Crippen LogP contribution >= 0.6 is 0 Å². The normalized spacial score (nSPS) is 14.8. The number of hydrogen-bond acceptors (Lipinski definition) is 2. The molecule has 21 heavy (non-hydrogen) atoms. The lowest BCUT2D eigenvalue weighted by atomic mass is 10.0. The number of benzene rings is 2. The molecular formula is C19H23NO. The van der Waals surface area contributed by atoms with Crippen molar-refractivity contribution < 1.29 is 4.74 Å². The predicted octanol–water partition coefficient (Wildman–Crippen LogP) is 4.17. The molecule has 1 unspecified atom stereocenters. The monoisotopic (exact) mass is 281 g/mol. The molecule has 1 aliphatic rings. The Balaban J connectivity index is 1.87. The number of hydrogen-bond donors (Lipinski definition) is 1. The van der Waals surface area contributed by atoms with E-state index in [2.05, 4.69) is 43.3 Å². The van der Waals surface area contributed by atoms with Gasteiger partial charge in [-0.25, -0.2) is 0 Å². The summed E-state index contributed by atoms with van der Waals surface area (Å²) in [6.45, 7) is 4.13. The summed E-state index contributed by atoms with van der Waals surface area (Å²) in [4.78, 5) is 0. The van der Waals surface area contributed by atoms with Crippen LogP contribution in [0.5, 0.6) is 11.5 Å². The van der Waals surface area contributed by atoms with Crippen molar-refractivity contribution in [2.45, 2.75) is 45.6 Å². The average molecular weight is 281 g/mol. The van der Waals surface area contributed by atoms with Crippen molar-refractivity contribution in [1.82, 2.24) is 0 Å². The molecule has 2 nitrogen and oxygen atoms in total. The van der Waals surface area contributed by atoms with Crippen molar-refractivity contribution in [2.75, 3.05) is 0 Å². The van der Waals surface area contributed by atoms with Crippen molar-refractivity contribution in [3.63, 3.8) is 0 Å². The molecular weight excluding hydrogens is 258 g/mol. The zero-order chi connectivity index (χ0) is 14.8. The summed E-state index contributed by atoms with van der Waals surface area (Å²) in [6, 6.07) is 12.9. The summed E-state index contributed by atoms with van der Waals surface area (Å²) >= 11 is 0. The van der Waals surface area contributed by atoms with Gasteiger partial charge in [-0.2, -0.15) is 0 Å². The first-order valence-corrected chi connectivity index (χ1v) is 7.76. The van der Waals surface area contributed by atoms with Crippen LogP contribution in [0, 0.1) is 6.92 Å². The molecule has 2 N–H and O–H groups in total. The Bertz CT molecular complexity index is 646. The lowest BCUT2D eigenvalue weighted by Gasteiger charge is -2.14. The maximum atomic E-state index is 6.14. The van der Waals surface area contributed by atoms with E-state index in [4.69, 9.17) is 10.5 Å². The first-order valence-electron chi connectivity index (χ1n) is 7.76. The van der Waals surface area contributed by atoms with E-state index in [0.29, 0.717) is 0 Å². The van der Waals surface area contributed by atoms with Gasteiger partial charge in [0.2, 0.25) is 0 Å². The fourth-order valence-corrected chi connectivity index (χ4v) is 3.05. The van der Waals surface area contributed by atoms with E-state index in [9.17, 15) is 0 Å². The molecule has 0 saturated carbocycles. The summed E-state index contributed by atoms with van der Waals surface area (Å²) in [5.74, 6) is 1.86. The van der Waals surface area contributed by atoms with Crippen LogP contribution in [0.2, 0.25) is 0 Å². The van der Waals surface area contributed by atoms with Gasteiger partial charge in [-0.05, 0) is 74.4 Å². The Hall–Kier alpha value is -1.80. The summed E-state index contributed by atoms with van der Waals surface area (Å²) in [6.07, 6.45) is 4.48. The van der Waals surface area contributed by atoms with Gasteiger partial charge in [0.1, 0.15) is 11.5 Å². The van der Waals surface area contributed by atoms with Gasteiger partial charge in [0.25, 0.3) is 0 Å². The fourth-order valence-electron chi connectivity index (χ4n) is 3.05. The number of nitrogens with two attached hydrogens (primary N) is 1. The Morgan fingerprint density at radius 3 is 2.71 bits per heavy atom. The molecule has 0 aliphatic heterocycles. The second-order valence-electron chi connectivity index (χ2n) is 6.18. The van der Waals surface area contributed by atoms with E-state index >= 15 is 0 Å². The highest BCUT2D eigenvalue weighted by atomic mass is 16.5. The van der Waals surface area contributed by atoms with Crippen LogP contribution in [0.3, 0.4) is 0 Å². The number of fused-ring (bicyclic) bond motifs is 1. The zero-order valence-electron chi connectivity index (χ0n) is 12.9. The molecule has 1 aliphatic carbocycles. The highest BCUT2D eigenvalue weighted by Crippen LogP contribution is 2.31. The third-order valence-electron chi connectivity index (χ3n) is 4.06. The van der Waals surface area contributed by atoms with Crippen LogP contribution in [0.4, 0.5) is 0 Å². The SMILES string of the molecule is Cc1ccc(Oc2ccc3c(c2)CCC3)c(CC(C)N)c1. The third-order valence-corrected chi connectivity index (χ3v) is 4.06. The molecule has 0 amide bonds. The molecule has 2 heteroatoms. The third kappa shape index (κ3) is 3.27. The average Bonchev–Trinajstić information content (AvgIpc) is 2.88. The van der Waals surface area contributed by atoms with Gasteiger partial charge < -0.3 is 10.5 Å². The highest BCUT2D eigenvalue weighted by Gasteiger charge is 2.13. The number of aryl methyl sites for hydroxylation is 3. The standard InChI is InChI=1S/C19H23NO/c1-13-6-9-19(17(10-13)11-14(2)20)21-18-8-7-15-4-3-5-16(15)12-18/h6-10,12,14H,3-5,11,20H2,1-2H3. The molecule has 1 atom stereocenters. The van der Waals surface area contributed by atoms with Gasteiger partial charge >= 0.3 is 0 Å². The molecule has 0 radical (unpaired) electrons. The minimum Gasteiger partial charge on any atom is -0.457 e. The van der Waals surface area contributed by atoms with Crippen LogP contribution in [0.25, 0.3) is 0 Å². The minimum absolute atomic E-state index is 0.133. The first kappa shape index (κ1) is 14.2. The summed E-state index contributed by atoms with van der Waals surface area (Å²) in [5.41, 5.74) is 11.3. The molecule has 0 aromatic heterocycles. The number of ether oxygens (including phenoxy) is 1. The summed E-state index contributed by atoms with van der Waals surface area (Å²) in [7, 11) is 0. The molecule has 2 aromatic carbocycles. The van der Waals surface area contributed by atoms with Crippen molar-refractivity contribution in [3.05, 3.63) is 58.7 Å². The fraction of sp³-hybridized carbons (Fsp3) is 0.368. The van der Waals surface area contributed by atoms with E-state index in [1.165, 1.54) is 41.5 Å². The van der Waals surface area contributed by atoms with Crippen LogP contribution in [-0.2, 0) is 19.3 Å². The smallest absolute Gasteiger partial charge is 0.130 e. The Morgan fingerprint density at radius 2 is 1.90 bits per heavy atom. The van der Waals surface area contributed by atoms with Crippen LogP contribution in [0.1, 0.15) is 35.6 Å². The molecule has 110 valence electrons. The van der Waals surface area contributed by atoms with E-state index in [1.54, 1.807) is 0 Å². The minimum atomic E-state index is 0.133. The van der Waals surface area contributed by atoms with E-state index < -0.39 is 0 Å². The van der Waals surface area contributed by atoms with Crippen LogP contribution < -0.4 is 10.5 Å². The largest absolute Gasteiger partial charge is 0.457 e. The zero-order valence-corrected chi connectivity index (χ0v) is 12.9. The molecule has 0 heterocycles. The Kier molecular flexibility index (Phi) is 3.98. The van der Waals surface area contributed by atoms with Gasteiger partial charge in [-0.3, -0.25) is 0 Å². The molecule has 3 rings (SSSR count). The van der Waals surface area contributed by atoms with Crippen LogP contribution in [-0.4, -0.2) is 6.04 Å². The molecule has 0 fully saturated rings.